The van der Waals surface area contributed by atoms with Gasteiger partial charge in [0.05, 0.1) is 12.6 Å². The van der Waals surface area contributed by atoms with Gasteiger partial charge in [-0.05, 0) is 25.3 Å². The maximum absolute atomic E-state index is 11.6. The predicted molar refractivity (Wildman–Crippen MR) is 53.4 cm³/mol. The molecule has 1 N–H and O–H groups in total. The van der Waals surface area contributed by atoms with Crippen LogP contribution in [-0.4, -0.2) is 28.6 Å². The van der Waals surface area contributed by atoms with E-state index in [1.165, 1.54) is 0 Å². The largest absolute Gasteiger partial charge is 0.394 e. The number of aliphatic hydroxyl groups is 1. The molecule has 0 aromatic heterocycles. The lowest BCUT2D eigenvalue weighted by Gasteiger charge is -2.25. The molecule has 1 aliphatic carbocycles. The normalized spacial score (nSPS) is 26.9. The molecule has 1 aliphatic heterocycles. The number of hydrogen-bond acceptors (Lipinski definition) is 2. The molecule has 0 saturated carbocycles. The average Bonchev–Trinajstić information content (AvgIpc) is 2.61. The van der Waals surface area contributed by atoms with Crippen molar-refractivity contribution in [1.29, 1.82) is 0 Å². The van der Waals surface area contributed by atoms with Gasteiger partial charge in [-0.3, -0.25) is 4.79 Å². The number of carbonyl (C=O) groups is 1. The Morgan fingerprint density at radius 3 is 3.00 bits per heavy atom. The zero-order valence-corrected chi connectivity index (χ0v) is 8.15. The summed E-state index contributed by atoms with van der Waals surface area (Å²) in [6, 6.07) is -0.00324. The molecule has 1 saturated heterocycles. The highest BCUT2D eigenvalue weighted by Gasteiger charge is 2.32. The first kappa shape index (κ1) is 9.46. The Morgan fingerprint density at radius 2 is 2.36 bits per heavy atom. The molecule has 2 aliphatic rings. The third-order valence-corrected chi connectivity index (χ3v) is 2.79. The Kier molecular flexibility index (Phi) is 2.68. The summed E-state index contributed by atoms with van der Waals surface area (Å²) in [5, 5.41) is 9.14. The van der Waals surface area contributed by atoms with Crippen molar-refractivity contribution in [2.75, 3.05) is 6.61 Å². The highest BCUT2D eigenvalue weighted by molar-refractivity contribution is 5.81. The number of allylic oxidation sites excluding steroid dienone is 3. The number of nitrogens with zero attached hydrogens (tertiary/aromatic N) is 1. The molecule has 1 amide bonds. The summed E-state index contributed by atoms with van der Waals surface area (Å²) in [6.45, 7) is 0.0664. The fourth-order valence-electron chi connectivity index (χ4n) is 2.05. The highest BCUT2D eigenvalue weighted by atomic mass is 16.3. The molecule has 0 radical (unpaired) electrons. The van der Waals surface area contributed by atoms with Crippen LogP contribution in [0, 0.1) is 0 Å². The smallest absolute Gasteiger partial charge is 0.227 e. The number of aliphatic hydroxyl groups excluding tert-OH is 1. The summed E-state index contributed by atoms with van der Waals surface area (Å²) in [4.78, 5) is 13.3. The fourth-order valence-corrected chi connectivity index (χ4v) is 2.05. The quantitative estimate of drug-likeness (QED) is 0.716. The lowest BCUT2D eigenvalue weighted by molar-refractivity contribution is -0.127. The standard InChI is InChI=1S/C11H15NO2/c13-8-10-6-7-11(14)12(10)9-4-2-1-3-5-9/h2,4-5,10,13H,1,3,6-8H2. The van der Waals surface area contributed by atoms with Crippen LogP contribution in [0.4, 0.5) is 0 Å². The summed E-state index contributed by atoms with van der Waals surface area (Å²) in [6.07, 6.45) is 9.52. The van der Waals surface area contributed by atoms with Crippen LogP contribution in [0.5, 0.6) is 0 Å². The molecule has 3 nitrogen and oxygen atoms in total. The minimum atomic E-state index is -0.00324. The molecule has 2 rings (SSSR count). The number of carbonyl (C=O) groups excluding carboxylic acids is 1. The summed E-state index contributed by atoms with van der Waals surface area (Å²) < 4.78 is 0. The second-order valence-corrected chi connectivity index (χ2v) is 3.75. The van der Waals surface area contributed by atoms with Gasteiger partial charge in [-0.25, -0.2) is 0 Å². The fraction of sp³-hybridized carbons (Fsp3) is 0.545. The Bertz CT molecular complexity index is 294. The van der Waals surface area contributed by atoms with E-state index in [-0.39, 0.29) is 18.6 Å². The van der Waals surface area contributed by atoms with Crippen molar-refractivity contribution in [2.45, 2.75) is 31.7 Å². The van der Waals surface area contributed by atoms with Crippen LogP contribution in [0.3, 0.4) is 0 Å². The van der Waals surface area contributed by atoms with Crippen molar-refractivity contribution in [2.24, 2.45) is 0 Å². The van der Waals surface area contributed by atoms with E-state index in [4.69, 9.17) is 5.11 Å². The number of rotatable bonds is 2. The molecule has 3 heteroatoms. The minimum absolute atomic E-state index is 0.00324. The molecule has 1 atom stereocenters. The van der Waals surface area contributed by atoms with Crippen molar-refractivity contribution >= 4 is 5.91 Å². The second kappa shape index (κ2) is 3.96. The second-order valence-electron chi connectivity index (χ2n) is 3.75. The molecule has 0 aromatic carbocycles. The zero-order valence-electron chi connectivity index (χ0n) is 8.15. The first-order valence-electron chi connectivity index (χ1n) is 5.12. The van der Waals surface area contributed by atoms with E-state index in [0.29, 0.717) is 6.42 Å². The topological polar surface area (TPSA) is 40.5 Å². The van der Waals surface area contributed by atoms with Crippen molar-refractivity contribution < 1.29 is 9.90 Å². The van der Waals surface area contributed by atoms with Gasteiger partial charge in [-0.1, -0.05) is 12.2 Å². The van der Waals surface area contributed by atoms with Crippen molar-refractivity contribution in [3.63, 3.8) is 0 Å². The van der Waals surface area contributed by atoms with Crippen LogP contribution >= 0.6 is 0 Å². The highest BCUT2D eigenvalue weighted by Crippen LogP contribution is 2.26. The third kappa shape index (κ3) is 1.60. The molecule has 76 valence electrons. The van der Waals surface area contributed by atoms with Crippen molar-refractivity contribution in [3.8, 4) is 0 Å². The Morgan fingerprint density at radius 1 is 1.50 bits per heavy atom. The van der Waals surface area contributed by atoms with Crippen LogP contribution in [0.25, 0.3) is 0 Å². The molecule has 1 unspecified atom stereocenters. The van der Waals surface area contributed by atoms with E-state index < -0.39 is 0 Å². The Balaban J connectivity index is 2.18. The first-order valence-corrected chi connectivity index (χ1v) is 5.12. The van der Waals surface area contributed by atoms with Gasteiger partial charge < -0.3 is 10.0 Å². The molecular formula is C11H15NO2. The van der Waals surface area contributed by atoms with Crippen LogP contribution in [0.1, 0.15) is 25.7 Å². The van der Waals surface area contributed by atoms with E-state index in [0.717, 1.165) is 25.0 Å². The first-order chi connectivity index (χ1) is 6.83. The third-order valence-electron chi connectivity index (χ3n) is 2.79. The van der Waals surface area contributed by atoms with E-state index in [9.17, 15) is 4.79 Å². The number of amides is 1. The summed E-state index contributed by atoms with van der Waals surface area (Å²) in [5.74, 6) is 0.141. The number of hydrogen-bond donors (Lipinski definition) is 1. The monoisotopic (exact) mass is 193 g/mol. The molecular weight excluding hydrogens is 178 g/mol. The van der Waals surface area contributed by atoms with Gasteiger partial charge in [0, 0.05) is 12.1 Å². The van der Waals surface area contributed by atoms with Crippen molar-refractivity contribution in [3.05, 3.63) is 23.9 Å². The molecule has 14 heavy (non-hydrogen) atoms. The summed E-state index contributed by atoms with van der Waals surface area (Å²) >= 11 is 0. The Labute approximate surface area is 83.7 Å². The predicted octanol–water partition coefficient (Wildman–Crippen LogP) is 1.20. The van der Waals surface area contributed by atoms with Crippen LogP contribution in [-0.2, 0) is 4.79 Å². The molecule has 1 heterocycles. The average molecular weight is 193 g/mol. The van der Waals surface area contributed by atoms with E-state index in [1.807, 2.05) is 6.08 Å². The van der Waals surface area contributed by atoms with Gasteiger partial charge in [-0.15, -0.1) is 0 Å². The van der Waals surface area contributed by atoms with Gasteiger partial charge in [0.25, 0.3) is 0 Å². The summed E-state index contributed by atoms with van der Waals surface area (Å²) in [5.41, 5.74) is 0.970. The Hall–Kier alpha value is -1.09. The van der Waals surface area contributed by atoms with E-state index >= 15 is 0 Å². The van der Waals surface area contributed by atoms with Gasteiger partial charge in [-0.2, -0.15) is 0 Å². The minimum Gasteiger partial charge on any atom is -0.394 e. The van der Waals surface area contributed by atoms with Gasteiger partial charge in [0.15, 0.2) is 0 Å². The van der Waals surface area contributed by atoms with Gasteiger partial charge >= 0.3 is 0 Å². The molecule has 0 spiro atoms. The van der Waals surface area contributed by atoms with Gasteiger partial charge in [0.2, 0.25) is 5.91 Å². The zero-order chi connectivity index (χ0) is 9.97. The van der Waals surface area contributed by atoms with E-state index in [2.05, 4.69) is 12.2 Å². The number of likely N-dealkylation sites (tertiary alicyclic amines) is 1. The maximum Gasteiger partial charge on any atom is 0.227 e. The van der Waals surface area contributed by atoms with Gasteiger partial charge in [0.1, 0.15) is 0 Å². The maximum atomic E-state index is 11.6. The lowest BCUT2D eigenvalue weighted by Crippen LogP contribution is -2.34. The lowest BCUT2D eigenvalue weighted by atomic mass is 10.1. The van der Waals surface area contributed by atoms with Crippen LogP contribution in [0.2, 0.25) is 0 Å². The van der Waals surface area contributed by atoms with E-state index in [1.54, 1.807) is 4.90 Å². The summed E-state index contributed by atoms with van der Waals surface area (Å²) in [7, 11) is 0. The molecule has 0 bridgehead atoms. The van der Waals surface area contributed by atoms with Crippen LogP contribution in [0.15, 0.2) is 23.9 Å². The van der Waals surface area contributed by atoms with Crippen molar-refractivity contribution in [1.82, 2.24) is 4.90 Å². The van der Waals surface area contributed by atoms with Crippen LogP contribution < -0.4 is 0 Å². The molecule has 1 fully saturated rings. The SMILES string of the molecule is O=C1CCC(CO)N1C1=CCCC=C1. The molecule has 0 aromatic rings.